The van der Waals surface area contributed by atoms with E-state index in [1.54, 1.807) is 6.26 Å². The molecule has 1 aromatic carbocycles. The predicted octanol–water partition coefficient (Wildman–Crippen LogP) is 2.26. The molecule has 4 nitrogen and oxygen atoms in total. The molecule has 1 aliphatic heterocycles. The van der Waals surface area contributed by atoms with Crippen LogP contribution in [0.3, 0.4) is 0 Å². The molecule has 0 aliphatic carbocycles. The van der Waals surface area contributed by atoms with Crippen molar-refractivity contribution in [3.8, 4) is 5.75 Å². The van der Waals surface area contributed by atoms with Gasteiger partial charge in [-0.3, -0.25) is 0 Å². The van der Waals surface area contributed by atoms with Crippen molar-refractivity contribution in [1.29, 1.82) is 0 Å². The van der Waals surface area contributed by atoms with Crippen LogP contribution in [-0.4, -0.2) is 0 Å². The summed E-state index contributed by atoms with van der Waals surface area (Å²) in [6.45, 7) is 0.622. The molecule has 1 aliphatic rings. The van der Waals surface area contributed by atoms with Crippen LogP contribution in [0.5, 0.6) is 5.75 Å². The first-order valence-electron chi connectivity index (χ1n) is 5.42. The van der Waals surface area contributed by atoms with E-state index in [1.807, 2.05) is 42.5 Å². The number of hydrogen-bond acceptors (Lipinski definition) is 4. The SMILES string of the molecule is C1=C(NCc2ccco2)NOc2ccccc21. The van der Waals surface area contributed by atoms with E-state index >= 15 is 0 Å². The highest BCUT2D eigenvalue weighted by Crippen LogP contribution is 2.22. The number of furan rings is 1. The van der Waals surface area contributed by atoms with E-state index in [-0.39, 0.29) is 0 Å². The molecule has 2 aromatic rings. The van der Waals surface area contributed by atoms with Crippen molar-refractivity contribution in [2.45, 2.75) is 6.54 Å². The molecule has 0 bridgehead atoms. The summed E-state index contributed by atoms with van der Waals surface area (Å²) in [5, 5.41) is 3.20. The molecule has 0 spiro atoms. The van der Waals surface area contributed by atoms with Crippen molar-refractivity contribution in [3.63, 3.8) is 0 Å². The highest BCUT2D eigenvalue weighted by atomic mass is 16.6. The molecule has 0 fully saturated rings. The van der Waals surface area contributed by atoms with Gasteiger partial charge in [-0.15, -0.1) is 0 Å². The quantitative estimate of drug-likeness (QED) is 0.846. The number of hydrogen-bond donors (Lipinski definition) is 2. The van der Waals surface area contributed by atoms with Gasteiger partial charge in [-0.2, -0.15) is 0 Å². The standard InChI is InChI=1S/C13H12N2O2/c1-2-6-12-10(4-1)8-13(15-17-12)14-9-11-5-3-7-16-11/h1-8,14-15H,9H2. The minimum atomic E-state index is 0.622. The van der Waals surface area contributed by atoms with E-state index in [1.165, 1.54) is 0 Å². The molecule has 0 saturated carbocycles. The second-order valence-electron chi connectivity index (χ2n) is 3.73. The van der Waals surface area contributed by atoms with Crippen molar-refractivity contribution in [1.82, 2.24) is 10.8 Å². The van der Waals surface area contributed by atoms with Gasteiger partial charge in [0.05, 0.1) is 12.8 Å². The van der Waals surface area contributed by atoms with Crippen molar-refractivity contribution in [2.24, 2.45) is 0 Å². The van der Waals surface area contributed by atoms with Crippen LogP contribution < -0.4 is 15.6 Å². The van der Waals surface area contributed by atoms with Crippen molar-refractivity contribution >= 4 is 6.08 Å². The Morgan fingerprint density at radius 3 is 2.94 bits per heavy atom. The molecule has 86 valence electrons. The average Bonchev–Trinajstić information content (AvgIpc) is 2.89. The molecule has 4 heteroatoms. The maximum absolute atomic E-state index is 5.39. The maximum atomic E-state index is 5.39. The summed E-state index contributed by atoms with van der Waals surface area (Å²) in [6, 6.07) is 11.6. The molecule has 1 aromatic heterocycles. The van der Waals surface area contributed by atoms with Gasteiger partial charge in [0.25, 0.3) is 0 Å². The highest BCUT2D eigenvalue weighted by molar-refractivity contribution is 5.60. The first-order valence-corrected chi connectivity index (χ1v) is 5.42. The van der Waals surface area contributed by atoms with E-state index in [0.717, 1.165) is 22.9 Å². The van der Waals surface area contributed by atoms with Crippen molar-refractivity contribution < 1.29 is 9.25 Å². The summed E-state index contributed by atoms with van der Waals surface area (Å²) in [4.78, 5) is 5.39. The fraction of sp³-hybridized carbons (Fsp3) is 0.0769. The Morgan fingerprint density at radius 2 is 2.06 bits per heavy atom. The summed E-state index contributed by atoms with van der Waals surface area (Å²) < 4.78 is 5.24. The van der Waals surface area contributed by atoms with Crippen LogP contribution in [0.2, 0.25) is 0 Å². The molecule has 0 amide bonds. The zero-order chi connectivity index (χ0) is 11.5. The molecule has 2 N–H and O–H groups in total. The van der Waals surface area contributed by atoms with E-state index < -0.39 is 0 Å². The molecular formula is C13H12N2O2. The van der Waals surface area contributed by atoms with Crippen molar-refractivity contribution in [3.05, 3.63) is 59.8 Å². The van der Waals surface area contributed by atoms with E-state index in [4.69, 9.17) is 9.25 Å². The second kappa shape index (κ2) is 4.25. The van der Waals surface area contributed by atoms with E-state index in [2.05, 4.69) is 10.8 Å². The van der Waals surface area contributed by atoms with Gasteiger partial charge in [0, 0.05) is 5.56 Å². The summed E-state index contributed by atoms with van der Waals surface area (Å²) in [6.07, 6.45) is 3.66. The Morgan fingerprint density at radius 1 is 1.12 bits per heavy atom. The Bertz CT molecular complexity index is 532. The third kappa shape index (κ3) is 2.10. The lowest BCUT2D eigenvalue weighted by Crippen LogP contribution is -2.30. The average molecular weight is 228 g/mol. The van der Waals surface area contributed by atoms with Gasteiger partial charge in [0.2, 0.25) is 0 Å². The lowest BCUT2D eigenvalue weighted by atomic mass is 10.2. The van der Waals surface area contributed by atoms with Crippen molar-refractivity contribution in [2.75, 3.05) is 0 Å². The molecule has 0 atom stereocenters. The van der Waals surface area contributed by atoms with Gasteiger partial charge in [0.15, 0.2) is 5.75 Å². The number of benzene rings is 1. The topological polar surface area (TPSA) is 46.4 Å². The van der Waals surface area contributed by atoms with Gasteiger partial charge in [-0.25, -0.2) is 5.48 Å². The molecule has 17 heavy (non-hydrogen) atoms. The van der Waals surface area contributed by atoms with E-state index in [0.29, 0.717) is 6.54 Å². The van der Waals surface area contributed by atoms with Gasteiger partial charge in [-0.05, 0) is 24.3 Å². The van der Waals surface area contributed by atoms with Crippen LogP contribution in [0.25, 0.3) is 6.08 Å². The van der Waals surface area contributed by atoms with Gasteiger partial charge in [0.1, 0.15) is 11.6 Å². The predicted molar refractivity (Wildman–Crippen MR) is 63.7 cm³/mol. The minimum Gasteiger partial charge on any atom is -0.467 e. The Hall–Kier alpha value is -2.36. The van der Waals surface area contributed by atoms with Gasteiger partial charge < -0.3 is 14.6 Å². The summed E-state index contributed by atoms with van der Waals surface area (Å²) in [5.74, 6) is 2.53. The number of rotatable bonds is 3. The fourth-order valence-electron chi connectivity index (χ4n) is 1.67. The molecule has 2 heterocycles. The molecule has 0 unspecified atom stereocenters. The number of fused-ring (bicyclic) bond motifs is 1. The normalized spacial score (nSPS) is 13.1. The molecule has 0 radical (unpaired) electrons. The van der Waals surface area contributed by atoms with Crippen LogP contribution in [0.15, 0.2) is 52.9 Å². The maximum Gasteiger partial charge on any atom is 0.162 e. The monoisotopic (exact) mass is 228 g/mol. The summed E-state index contributed by atoms with van der Waals surface area (Å²) in [5.41, 5.74) is 3.90. The summed E-state index contributed by atoms with van der Waals surface area (Å²) in [7, 11) is 0. The minimum absolute atomic E-state index is 0.622. The van der Waals surface area contributed by atoms with Crippen LogP contribution in [0, 0.1) is 0 Å². The Balaban J connectivity index is 1.71. The lowest BCUT2D eigenvalue weighted by molar-refractivity contribution is 0.214. The van der Waals surface area contributed by atoms with Crippen LogP contribution in [0.1, 0.15) is 11.3 Å². The van der Waals surface area contributed by atoms with E-state index in [9.17, 15) is 0 Å². The van der Waals surface area contributed by atoms with Crippen LogP contribution in [-0.2, 0) is 6.54 Å². The largest absolute Gasteiger partial charge is 0.467 e. The fourth-order valence-corrected chi connectivity index (χ4v) is 1.67. The third-order valence-corrected chi connectivity index (χ3v) is 2.52. The summed E-state index contributed by atoms with van der Waals surface area (Å²) >= 11 is 0. The zero-order valence-corrected chi connectivity index (χ0v) is 9.14. The zero-order valence-electron chi connectivity index (χ0n) is 9.14. The number of hydroxylamine groups is 1. The third-order valence-electron chi connectivity index (χ3n) is 2.52. The van der Waals surface area contributed by atoms with Crippen LogP contribution in [0.4, 0.5) is 0 Å². The van der Waals surface area contributed by atoms with Gasteiger partial charge >= 0.3 is 0 Å². The number of para-hydroxylation sites is 1. The first-order chi connectivity index (χ1) is 8.42. The Kier molecular flexibility index (Phi) is 2.46. The first kappa shape index (κ1) is 9.84. The Labute approximate surface area is 98.8 Å². The molecule has 3 rings (SSSR count). The van der Waals surface area contributed by atoms with Gasteiger partial charge in [-0.1, -0.05) is 18.2 Å². The number of nitrogens with one attached hydrogen (secondary N) is 2. The second-order valence-corrected chi connectivity index (χ2v) is 3.73. The highest BCUT2D eigenvalue weighted by Gasteiger charge is 2.09. The van der Waals surface area contributed by atoms with Crippen LogP contribution >= 0.6 is 0 Å². The lowest BCUT2D eigenvalue weighted by Gasteiger charge is -2.19. The molecular weight excluding hydrogens is 216 g/mol. The smallest absolute Gasteiger partial charge is 0.162 e. The molecule has 0 saturated heterocycles.